The summed E-state index contributed by atoms with van der Waals surface area (Å²) in [7, 11) is 6.09. The van der Waals surface area contributed by atoms with Gasteiger partial charge < -0.3 is 15.4 Å². The molecular weight excluding hydrogens is 188 g/mol. The summed E-state index contributed by atoms with van der Waals surface area (Å²) in [5.74, 6) is 0. The van der Waals surface area contributed by atoms with Crippen molar-refractivity contribution in [2.75, 3.05) is 27.8 Å². The first kappa shape index (κ1) is 12.9. The summed E-state index contributed by atoms with van der Waals surface area (Å²) in [6.45, 7) is 0.831. The molecule has 3 heteroatoms. The van der Waals surface area contributed by atoms with Gasteiger partial charge in [0.25, 0.3) is 0 Å². The van der Waals surface area contributed by atoms with Crippen LogP contribution in [-0.2, 0) is 4.74 Å². The molecule has 1 rings (SSSR count). The van der Waals surface area contributed by atoms with Crippen LogP contribution in [0, 0.1) is 0 Å². The second-order valence-corrected chi connectivity index (χ2v) is 4.95. The molecule has 0 aliphatic heterocycles. The molecule has 0 bridgehead atoms. The Morgan fingerprint density at radius 3 is 2.40 bits per heavy atom. The lowest BCUT2D eigenvalue weighted by atomic mass is 9.85. The Kier molecular flexibility index (Phi) is 5.03. The first-order chi connectivity index (χ1) is 7.13. The van der Waals surface area contributed by atoms with Gasteiger partial charge in [0.1, 0.15) is 0 Å². The highest BCUT2D eigenvalue weighted by atomic mass is 16.5. The van der Waals surface area contributed by atoms with Crippen LogP contribution in [0.3, 0.4) is 0 Å². The van der Waals surface area contributed by atoms with E-state index in [-0.39, 0.29) is 5.54 Å². The number of nitrogens with zero attached hydrogens (tertiary/aromatic N) is 1. The second-order valence-electron chi connectivity index (χ2n) is 4.95. The van der Waals surface area contributed by atoms with Gasteiger partial charge >= 0.3 is 0 Å². The Balaban J connectivity index is 2.48. The van der Waals surface area contributed by atoms with Crippen molar-refractivity contribution in [3.63, 3.8) is 0 Å². The van der Waals surface area contributed by atoms with Crippen molar-refractivity contribution in [1.29, 1.82) is 0 Å². The summed E-state index contributed by atoms with van der Waals surface area (Å²) in [5, 5.41) is 0. The van der Waals surface area contributed by atoms with Crippen LogP contribution in [0.25, 0.3) is 0 Å². The molecule has 0 saturated heterocycles. The molecule has 1 fully saturated rings. The number of hydrogen-bond donors (Lipinski definition) is 1. The van der Waals surface area contributed by atoms with E-state index in [0.29, 0.717) is 6.04 Å². The lowest BCUT2D eigenvalue weighted by molar-refractivity contribution is 0.110. The van der Waals surface area contributed by atoms with Gasteiger partial charge in [0.2, 0.25) is 0 Å². The molecule has 0 amide bonds. The van der Waals surface area contributed by atoms with Crippen molar-refractivity contribution < 1.29 is 4.74 Å². The van der Waals surface area contributed by atoms with Crippen molar-refractivity contribution in [1.82, 2.24) is 4.90 Å². The van der Waals surface area contributed by atoms with Gasteiger partial charge in [-0.05, 0) is 39.8 Å². The van der Waals surface area contributed by atoms with E-state index in [9.17, 15) is 0 Å². The number of methoxy groups -OCH3 is 1. The minimum Gasteiger partial charge on any atom is -0.385 e. The van der Waals surface area contributed by atoms with Crippen molar-refractivity contribution in [2.24, 2.45) is 5.73 Å². The zero-order valence-corrected chi connectivity index (χ0v) is 10.5. The quantitative estimate of drug-likeness (QED) is 0.683. The van der Waals surface area contributed by atoms with E-state index in [0.717, 1.165) is 19.4 Å². The molecule has 0 spiro atoms. The molecule has 90 valence electrons. The second kappa shape index (κ2) is 5.83. The molecular formula is C12H26N2O. The first-order valence-electron chi connectivity index (χ1n) is 6.05. The predicted molar refractivity (Wildman–Crippen MR) is 64.0 cm³/mol. The SMILES string of the molecule is COCCCC(N)C1(N(C)C)CCCC1. The molecule has 0 heterocycles. The summed E-state index contributed by atoms with van der Waals surface area (Å²) in [4.78, 5) is 2.34. The van der Waals surface area contributed by atoms with Gasteiger partial charge in [-0.1, -0.05) is 12.8 Å². The molecule has 0 aromatic rings. The van der Waals surface area contributed by atoms with Crippen molar-refractivity contribution >= 4 is 0 Å². The van der Waals surface area contributed by atoms with E-state index in [1.807, 2.05) is 0 Å². The van der Waals surface area contributed by atoms with Gasteiger partial charge in [-0.15, -0.1) is 0 Å². The normalized spacial score (nSPS) is 22.2. The fourth-order valence-electron chi connectivity index (χ4n) is 2.85. The summed E-state index contributed by atoms with van der Waals surface area (Å²) < 4.78 is 5.08. The number of likely N-dealkylation sites (N-methyl/N-ethyl adjacent to an activating group) is 1. The van der Waals surface area contributed by atoms with E-state index in [1.165, 1.54) is 25.7 Å². The lowest BCUT2D eigenvalue weighted by Crippen LogP contribution is -2.55. The standard InChI is InChI=1S/C12H26N2O/c1-14(2)12(8-4-5-9-12)11(13)7-6-10-15-3/h11H,4-10,13H2,1-3H3. The molecule has 1 unspecified atom stereocenters. The highest BCUT2D eigenvalue weighted by molar-refractivity contribution is 5.00. The maximum atomic E-state index is 6.36. The third-order valence-corrected chi connectivity index (χ3v) is 3.91. The molecule has 1 aliphatic rings. The number of ether oxygens (including phenoxy) is 1. The Hall–Kier alpha value is -0.120. The van der Waals surface area contributed by atoms with Crippen molar-refractivity contribution in [3.05, 3.63) is 0 Å². The van der Waals surface area contributed by atoms with Crippen LogP contribution >= 0.6 is 0 Å². The first-order valence-corrected chi connectivity index (χ1v) is 6.05. The summed E-state index contributed by atoms with van der Waals surface area (Å²) in [5.41, 5.74) is 6.62. The Labute approximate surface area is 94.0 Å². The van der Waals surface area contributed by atoms with Crippen LogP contribution in [-0.4, -0.2) is 44.3 Å². The summed E-state index contributed by atoms with van der Waals surface area (Å²) in [6, 6.07) is 0.296. The van der Waals surface area contributed by atoms with Gasteiger partial charge in [0.05, 0.1) is 0 Å². The number of nitrogens with two attached hydrogens (primary N) is 1. The van der Waals surface area contributed by atoms with Crippen molar-refractivity contribution in [3.8, 4) is 0 Å². The van der Waals surface area contributed by atoms with Crippen LogP contribution in [0.15, 0.2) is 0 Å². The fourth-order valence-corrected chi connectivity index (χ4v) is 2.85. The largest absolute Gasteiger partial charge is 0.385 e. The smallest absolute Gasteiger partial charge is 0.0462 e. The van der Waals surface area contributed by atoms with Gasteiger partial charge in [-0.25, -0.2) is 0 Å². The number of hydrogen-bond acceptors (Lipinski definition) is 3. The van der Waals surface area contributed by atoms with Crippen molar-refractivity contribution in [2.45, 2.75) is 50.1 Å². The molecule has 1 aliphatic carbocycles. The maximum absolute atomic E-state index is 6.36. The molecule has 1 saturated carbocycles. The molecule has 15 heavy (non-hydrogen) atoms. The highest BCUT2D eigenvalue weighted by Gasteiger charge is 2.40. The predicted octanol–water partition coefficient (Wildman–Crippen LogP) is 1.61. The van der Waals surface area contributed by atoms with Crippen LogP contribution < -0.4 is 5.73 Å². The highest BCUT2D eigenvalue weighted by Crippen LogP contribution is 2.37. The zero-order valence-electron chi connectivity index (χ0n) is 10.5. The molecule has 3 nitrogen and oxygen atoms in total. The summed E-state index contributed by atoms with van der Waals surface area (Å²) in [6.07, 6.45) is 7.33. The minimum absolute atomic E-state index is 0.258. The van der Waals surface area contributed by atoms with Gasteiger partial charge in [-0.3, -0.25) is 0 Å². The average Bonchev–Trinajstić information content (AvgIpc) is 2.67. The average molecular weight is 214 g/mol. The molecule has 1 atom stereocenters. The molecule has 2 N–H and O–H groups in total. The Bertz CT molecular complexity index is 176. The van der Waals surface area contributed by atoms with Crippen LogP contribution in [0.4, 0.5) is 0 Å². The Morgan fingerprint density at radius 1 is 1.33 bits per heavy atom. The van der Waals surface area contributed by atoms with Crippen LogP contribution in [0.2, 0.25) is 0 Å². The topological polar surface area (TPSA) is 38.5 Å². The zero-order chi connectivity index (χ0) is 11.3. The van der Waals surface area contributed by atoms with Crippen LogP contribution in [0.5, 0.6) is 0 Å². The van der Waals surface area contributed by atoms with E-state index >= 15 is 0 Å². The van der Waals surface area contributed by atoms with E-state index in [1.54, 1.807) is 7.11 Å². The third kappa shape index (κ3) is 2.92. The lowest BCUT2D eigenvalue weighted by Gasteiger charge is -2.41. The number of rotatable bonds is 6. The third-order valence-electron chi connectivity index (χ3n) is 3.91. The van der Waals surface area contributed by atoms with E-state index < -0.39 is 0 Å². The van der Waals surface area contributed by atoms with Gasteiger partial charge in [0.15, 0.2) is 0 Å². The molecule has 0 radical (unpaired) electrons. The molecule has 0 aromatic carbocycles. The maximum Gasteiger partial charge on any atom is 0.0462 e. The van der Waals surface area contributed by atoms with Crippen LogP contribution in [0.1, 0.15) is 38.5 Å². The molecule has 0 aromatic heterocycles. The summed E-state index contributed by atoms with van der Waals surface area (Å²) >= 11 is 0. The van der Waals surface area contributed by atoms with Gasteiger partial charge in [-0.2, -0.15) is 0 Å². The van der Waals surface area contributed by atoms with Gasteiger partial charge in [0, 0.05) is 25.3 Å². The van der Waals surface area contributed by atoms with E-state index in [4.69, 9.17) is 10.5 Å². The minimum atomic E-state index is 0.258. The Morgan fingerprint density at radius 2 is 1.93 bits per heavy atom. The fraction of sp³-hybridized carbons (Fsp3) is 1.00. The van der Waals surface area contributed by atoms with E-state index in [2.05, 4.69) is 19.0 Å². The monoisotopic (exact) mass is 214 g/mol.